The Hall–Kier alpha value is -1.56. The van der Waals surface area contributed by atoms with Crippen molar-refractivity contribution < 1.29 is 19.4 Å². The quantitative estimate of drug-likeness (QED) is 0.883. The Bertz CT molecular complexity index is 461. The highest BCUT2D eigenvalue weighted by atomic mass is 16.5. The van der Waals surface area contributed by atoms with Crippen LogP contribution in [0.25, 0.3) is 0 Å². The molecule has 3 rings (SSSR count). The van der Waals surface area contributed by atoms with E-state index < -0.39 is 5.97 Å². The molecule has 1 aromatic heterocycles. The second-order valence-electron chi connectivity index (χ2n) is 5.21. The van der Waals surface area contributed by atoms with Crippen molar-refractivity contribution in [2.75, 3.05) is 13.2 Å². The number of carboxylic acid groups (broad SMARTS) is 1. The third-order valence-corrected chi connectivity index (χ3v) is 3.53. The summed E-state index contributed by atoms with van der Waals surface area (Å²) in [5.74, 6) is -0.223. The van der Waals surface area contributed by atoms with Gasteiger partial charge in [0.05, 0.1) is 6.61 Å². The minimum absolute atomic E-state index is 0.120. The van der Waals surface area contributed by atoms with E-state index in [2.05, 4.69) is 5.10 Å². The summed E-state index contributed by atoms with van der Waals surface area (Å²) < 4.78 is 12.7. The molecule has 2 aliphatic rings. The minimum atomic E-state index is -1.01. The smallest absolute Gasteiger partial charge is 0.342 e. The topological polar surface area (TPSA) is 73.6 Å². The molecular weight excluding hydrogens is 248 g/mol. The summed E-state index contributed by atoms with van der Waals surface area (Å²) in [6.45, 7) is 1.26. The van der Waals surface area contributed by atoms with Crippen LogP contribution in [0.3, 0.4) is 0 Å². The zero-order valence-corrected chi connectivity index (χ0v) is 10.7. The van der Waals surface area contributed by atoms with Crippen LogP contribution in [0.1, 0.15) is 48.7 Å². The van der Waals surface area contributed by atoms with Crippen LogP contribution in [0, 0.1) is 5.92 Å². The van der Waals surface area contributed by atoms with E-state index in [-0.39, 0.29) is 17.7 Å². The van der Waals surface area contributed by atoms with Crippen molar-refractivity contribution in [3.05, 3.63) is 11.8 Å². The molecule has 1 saturated carbocycles. The summed E-state index contributed by atoms with van der Waals surface area (Å²) in [4.78, 5) is 11.2. The van der Waals surface area contributed by atoms with Crippen LogP contribution < -0.4 is 4.74 Å². The SMILES string of the molecule is O=C(O)c1cn(C2CCCCO2)nc1OCC1CC1. The Labute approximate surface area is 111 Å². The van der Waals surface area contributed by atoms with E-state index in [0.717, 1.165) is 32.1 Å². The molecule has 0 spiro atoms. The van der Waals surface area contributed by atoms with E-state index in [1.54, 1.807) is 4.68 Å². The molecule has 1 aromatic rings. The third-order valence-electron chi connectivity index (χ3n) is 3.53. The van der Waals surface area contributed by atoms with E-state index in [1.807, 2.05) is 0 Å². The second-order valence-corrected chi connectivity index (χ2v) is 5.21. The van der Waals surface area contributed by atoms with Crippen molar-refractivity contribution >= 4 is 5.97 Å². The molecule has 1 saturated heterocycles. The van der Waals surface area contributed by atoms with Crippen LogP contribution >= 0.6 is 0 Å². The third kappa shape index (κ3) is 2.89. The van der Waals surface area contributed by atoms with Crippen LogP contribution in [0.15, 0.2) is 6.20 Å². The summed E-state index contributed by atoms with van der Waals surface area (Å²) in [5.41, 5.74) is 0.120. The van der Waals surface area contributed by atoms with Crippen molar-refractivity contribution in [3.63, 3.8) is 0 Å². The molecule has 1 atom stereocenters. The number of rotatable bonds is 5. The zero-order chi connectivity index (χ0) is 13.2. The lowest BCUT2D eigenvalue weighted by Gasteiger charge is -2.22. The average Bonchev–Trinajstić information content (AvgIpc) is 3.15. The van der Waals surface area contributed by atoms with Crippen LogP contribution in [-0.2, 0) is 4.74 Å². The molecular formula is C13H18N2O4. The largest absolute Gasteiger partial charge is 0.477 e. The Morgan fingerprint density at radius 3 is 2.95 bits per heavy atom. The summed E-state index contributed by atoms with van der Waals surface area (Å²) in [5, 5.41) is 13.4. The highest BCUT2D eigenvalue weighted by molar-refractivity contribution is 5.89. The molecule has 0 aromatic carbocycles. The first-order chi connectivity index (χ1) is 9.24. The standard InChI is InChI=1S/C13H18N2O4/c16-13(17)10-7-15(11-3-1-2-6-18-11)14-12(10)19-8-9-4-5-9/h7,9,11H,1-6,8H2,(H,16,17). The van der Waals surface area contributed by atoms with Gasteiger partial charge in [-0.05, 0) is 38.0 Å². The lowest BCUT2D eigenvalue weighted by Crippen LogP contribution is -2.18. The van der Waals surface area contributed by atoms with Crippen LogP contribution in [0.5, 0.6) is 5.88 Å². The first-order valence-electron chi connectivity index (χ1n) is 6.81. The zero-order valence-electron chi connectivity index (χ0n) is 10.7. The number of carbonyl (C=O) groups is 1. The van der Waals surface area contributed by atoms with Gasteiger partial charge in [-0.25, -0.2) is 9.48 Å². The van der Waals surface area contributed by atoms with Gasteiger partial charge in [0.1, 0.15) is 11.8 Å². The normalized spacial score (nSPS) is 23.3. The van der Waals surface area contributed by atoms with Gasteiger partial charge in [-0.1, -0.05) is 0 Å². The van der Waals surface area contributed by atoms with Crippen molar-refractivity contribution in [1.82, 2.24) is 9.78 Å². The highest BCUT2D eigenvalue weighted by Gasteiger charge is 2.26. The molecule has 104 valence electrons. The summed E-state index contributed by atoms with van der Waals surface area (Å²) in [7, 11) is 0. The number of aromatic carboxylic acids is 1. The molecule has 2 heterocycles. The molecule has 1 N–H and O–H groups in total. The van der Waals surface area contributed by atoms with Crippen molar-refractivity contribution in [3.8, 4) is 5.88 Å². The summed E-state index contributed by atoms with van der Waals surface area (Å²) in [6, 6.07) is 0. The second kappa shape index (κ2) is 5.21. The summed E-state index contributed by atoms with van der Waals surface area (Å²) in [6.07, 6.45) is 6.66. The van der Waals surface area contributed by atoms with Gasteiger partial charge in [0.25, 0.3) is 0 Å². The van der Waals surface area contributed by atoms with Crippen molar-refractivity contribution in [2.24, 2.45) is 5.92 Å². The van der Waals surface area contributed by atoms with Gasteiger partial charge in [0.2, 0.25) is 5.88 Å². The number of ether oxygens (including phenoxy) is 2. The fraction of sp³-hybridized carbons (Fsp3) is 0.692. The molecule has 1 aliphatic heterocycles. The summed E-state index contributed by atoms with van der Waals surface area (Å²) >= 11 is 0. The van der Waals surface area contributed by atoms with Crippen LogP contribution in [-0.4, -0.2) is 34.1 Å². The van der Waals surface area contributed by atoms with E-state index in [9.17, 15) is 9.90 Å². The molecule has 19 heavy (non-hydrogen) atoms. The van der Waals surface area contributed by atoms with Crippen molar-refractivity contribution in [1.29, 1.82) is 0 Å². The van der Waals surface area contributed by atoms with Gasteiger partial charge in [-0.15, -0.1) is 5.10 Å². The van der Waals surface area contributed by atoms with Gasteiger partial charge < -0.3 is 14.6 Å². The lowest BCUT2D eigenvalue weighted by atomic mass is 10.2. The number of aromatic nitrogens is 2. The Morgan fingerprint density at radius 1 is 1.47 bits per heavy atom. The van der Waals surface area contributed by atoms with Crippen molar-refractivity contribution in [2.45, 2.75) is 38.3 Å². The average molecular weight is 266 g/mol. The minimum Gasteiger partial charge on any atom is -0.477 e. The maximum atomic E-state index is 11.2. The number of hydrogen-bond donors (Lipinski definition) is 1. The van der Waals surface area contributed by atoms with Gasteiger partial charge >= 0.3 is 5.97 Å². The Morgan fingerprint density at radius 2 is 2.32 bits per heavy atom. The molecule has 1 unspecified atom stereocenters. The number of hydrogen-bond acceptors (Lipinski definition) is 4. The molecule has 2 fully saturated rings. The fourth-order valence-corrected chi connectivity index (χ4v) is 2.19. The van der Waals surface area contributed by atoms with Crippen LogP contribution in [0.4, 0.5) is 0 Å². The first-order valence-corrected chi connectivity index (χ1v) is 6.81. The molecule has 6 heteroatoms. The van der Waals surface area contributed by atoms with E-state index in [1.165, 1.54) is 6.20 Å². The van der Waals surface area contributed by atoms with E-state index >= 15 is 0 Å². The maximum absolute atomic E-state index is 11.2. The van der Waals surface area contributed by atoms with E-state index in [4.69, 9.17) is 9.47 Å². The fourth-order valence-electron chi connectivity index (χ4n) is 2.19. The first kappa shape index (κ1) is 12.5. The molecule has 0 amide bonds. The molecule has 6 nitrogen and oxygen atoms in total. The molecule has 0 radical (unpaired) electrons. The van der Waals surface area contributed by atoms with Gasteiger partial charge in [0, 0.05) is 12.8 Å². The Kier molecular flexibility index (Phi) is 3.42. The molecule has 0 bridgehead atoms. The maximum Gasteiger partial charge on any atom is 0.342 e. The van der Waals surface area contributed by atoms with Gasteiger partial charge in [-0.2, -0.15) is 0 Å². The van der Waals surface area contributed by atoms with E-state index in [0.29, 0.717) is 19.1 Å². The predicted molar refractivity (Wildman–Crippen MR) is 66.2 cm³/mol. The lowest BCUT2D eigenvalue weighted by molar-refractivity contribution is -0.0400. The Balaban J connectivity index is 1.75. The number of nitrogens with zero attached hydrogens (tertiary/aromatic N) is 2. The van der Waals surface area contributed by atoms with Gasteiger partial charge in [-0.3, -0.25) is 0 Å². The molecule has 1 aliphatic carbocycles. The predicted octanol–water partition coefficient (Wildman–Crippen LogP) is 2.07. The highest BCUT2D eigenvalue weighted by Crippen LogP contribution is 2.31. The van der Waals surface area contributed by atoms with Gasteiger partial charge in [0.15, 0.2) is 0 Å². The van der Waals surface area contributed by atoms with Crippen LogP contribution in [0.2, 0.25) is 0 Å². The monoisotopic (exact) mass is 266 g/mol. The number of carboxylic acids is 1.